The summed E-state index contributed by atoms with van der Waals surface area (Å²) in [4.78, 5) is 14.2. The quantitative estimate of drug-likeness (QED) is 0.858. The van der Waals surface area contributed by atoms with E-state index >= 15 is 0 Å². The van der Waals surface area contributed by atoms with E-state index in [1.807, 2.05) is 19.2 Å². The highest BCUT2D eigenvalue weighted by atomic mass is 16.5. The van der Waals surface area contributed by atoms with Crippen molar-refractivity contribution in [3.05, 3.63) is 35.4 Å². The van der Waals surface area contributed by atoms with Gasteiger partial charge in [-0.25, -0.2) is 0 Å². The van der Waals surface area contributed by atoms with E-state index in [0.29, 0.717) is 18.0 Å². The SMILES string of the molecule is CN(CC1CCCOC1)C(=O)c1cccc(C#CCO)c1. The van der Waals surface area contributed by atoms with Gasteiger partial charge in [0.05, 0.1) is 6.61 Å². The van der Waals surface area contributed by atoms with E-state index in [1.165, 1.54) is 0 Å². The molecule has 1 fully saturated rings. The Hall–Kier alpha value is -1.83. The van der Waals surface area contributed by atoms with E-state index in [1.54, 1.807) is 17.0 Å². The lowest BCUT2D eigenvalue weighted by molar-refractivity contribution is 0.0388. The number of aliphatic hydroxyl groups is 1. The number of carbonyl (C=O) groups is 1. The van der Waals surface area contributed by atoms with Crippen LogP contribution >= 0.6 is 0 Å². The van der Waals surface area contributed by atoms with Crippen LogP contribution in [0.4, 0.5) is 0 Å². The van der Waals surface area contributed by atoms with Crippen LogP contribution in [0.1, 0.15) is 28.8 Å². The molecule has 4 heteroatoms. The molecule has 1 aromatic rings. The molecule has 1 N–H and O–H groups in total. The van der Waals surface area contributed by atoms with Gasteiger partial charge in [0.15, 0.2) is 0 Å². The zero-order valence-electron chi connectivity index (χ0n) is 12.3. The Balaban J connectivity index is 2.01. The average molecular weight is 287 g/mol. The van der Waals surface area contributed by atoms with Crippen LogP contribution in [-0.4, -0.2) is 49.3 Å². The molecule has 1 atom stereocenters. The van der Waals surface area contributed by atoms with Gasteiger partial charge >= 0.3 is 0 Å². The minimum atomic E-state index is -0.181. The smallest absolute Gasteiger partial charge is 0.253 e. The maximum Gasteiger partial charge on any atom is 0.253 e. The average Bonchev–Trinajstić information content (AvgIpc) is 2.53. The van der Waals surface area contributed by atoms with Crippen LogP contribution in [0.2, 0.25) is 0 Å². The van der Waals surface area contributed by atoms with Crippen LogP contribution in [-0.2, 0) is 4.74 Å². The van der Waals surface area contributed by atoms with Crippen LogP contribution < -0.4 is 0 Å². The van der Waals surface area contributed by atoms with Crippen LogP contribution in [0, 0.1) is 17.8 Å². The highest BCUT2D eigenvalue weighted by molar-refractivity contribution is 5.94. The van der Waals surface area contributed by atoms with Crippen LogP contribution in [0.5, 0.6) is 0 Å². The van der Waals surface area contributed by atoms with Crippen molar-refractivity contribution >= 4 is 5.91 Å². The maximum absolute atomic E-state index is 12.4. The molecule has 1 aliphatic heterocycles. The monoisotopic (exact) mass is 287 g/mol. The van der Waals surface area contributed by atoms with Gasteiger partial charge in [-0.1, -0.05) is 17.9 Å². The molecule has 1 heterocycles. The van der Waals surface area contributed by atoms with Crippen molar-refractivity contribution in [2.24, 2.45) is 5.92 Å². The highest BCUT2D eigenvalue weighted by Crippen LogP contribution is 2.16. The van der Waals surface area contributed by atoms with Crippen molar-refractivity contribution in [2.75, 3.05) is 33.4 Å². The first kappa shape index (κ1) is 15.6. The number of carbonyl (C=O) groups excluding carboxylic acids is 1. The molecule has 0 spiro atoms. The fraction of sp³-hybridized carbons (Fsp3) is 0.471. The molecule has 1 amide bonds. The lowest BCUT2D eigenvalue weighted by Gasteiger charge is -2.27. The summed E-state index contributed by atoms with van der Waals surface area (Å²) in [5.74, 6) is 5.82. The predicted octanol–water partition coefficient (Wildman–Crippen LogP) is 1.53. The Labute approximate surface area is 125 Å². The number of benzene rings is 1. The summed E-state index contributed by atoms with van der Waals surface area (Å²) < 4.78 is 5.45. The summed E-state index contributed by atoms with van der Waals surface area (Å²) in [5.41, 5.74) is 1.36. The Morgan fingerprint density at radius 1 is 1.52 bits per heavy atom. The summed E-state index contributed by atoms with van der Waals surface area (Å²) in [6.07, 6.45) is 2.18. The van der Waals surface area contributed by atoms with Gasteiger partial charge in [-0.2, -0.15) is 0 Å². The molecule has 0 bridgehead atoms. The van der Waals surface area contributed by atoms with Crippen molar-refractivity contribution in [1.82, 2.24) is 4.90 Å². The molecule has 0 saturated carbocycles. The standard InChI is InChI=1S/C17H21NO3/c1-18(12-15-7-4-10-21-13-15)17(20)16-8-2-5-14(11-16)6-3-9-19/h2,5,8,11,15,19H,4,7,9-10,12-13H2,1H3. The fourth-order valence-electron chi connectivity index (χ4n) is 2.51. The van der Waals surface area contributed by atoms with Crippen molar-refractivity contribution in [2.45, 2.75) is 12.8 Å². The van der Waals surface area contributed by atoms with Gasteiger partial charge in [0, 0.05) is 31.3 Å². The molecular weight excluding hydrogens is 266 g/mol. The van der Waals surface area contributed by atoms with Crippen LogP contribution in [0.15, 0.2) is 24.3 Å². The lowest BCUT2D eigenvalue weighted by Crippen LogP contribution is -2.35. The third-order valence-electron chi connectivity index (χ3n) is 3.55. The summed E-state index contributed by atoms with van der Waals surface area (Å²) in [5, 5.41) is 8.72. The minimum Gasteiger partial charge on any atom is -0.384 e. The number of rotatable bonds is 3. The van der Waals surface area contributed by atoms with Gasteiger partial charge < -0.3 is 14.7 Å². The van der Waals surface area contributed by atoms with E-state index in [0.717, 1.165) is 31.6 Å². The van der Waals surface area contributed by atoms with Gasteiger partial charge in [-0.15, -0.1) is 0 Å². The Morgan fingerprint density at radius 2 is 2.38 bits per heavy atom. The third-order valence-corrected chi connectivity index (χ3v) is 3.55. The molecule has 1 saturated heterocycles. The molecule has 0 aromatic heterocycles. The first-order valence-corrected chi connectivity index (χ1v) is 7.23. The summed E-state index contributed by atoms with van der Waals surface area (Å²) in [7, 11) is 1.82. The number of hydrogen-bond donors (Lipinski definition) is 1. The zero-order valence-corrected chi connectivity index (χ0v) is 12.3. The molecule has 0 radical (unpaired) electrons. The maximum atomic E-state index is 12.4. The lowest BCUT2D eigenvalue weighted by atomic mass is 10.0. The topological polar surface area (TPSA) is 49.8 Å². The van der Waals surface area contributed by atoms with E-state index in [4.69, 9.17) is 9.84 Å². The van der Waals surface area contributed by atoms with Gasteiger partial charge in [-0.05, 0) is 37.0 Å². The highest BCUT2D eigenvalue weighted by Gasteiger charge is 2.19. The van der Waals surface area contributed by atoms with E-state index in [9.17, 15) is 4.79 Å². The van der Waals surface area contributed by atoms with Gasteiger partial charge in [0.1, 0.15) is 6.61 Å². The van der Waals surface area contributed by atoms with Crippen LogP contribution in [0.3, 0.4) is 0 Å². The molecule has 21 heavy (non-hydrogen) atoms. The largest absolute Gasteiger partial charge is 0.384 e. The summed E-state index contributed by atoms with van der Waals surface area (Å²) in [6.45, 7) is 2.10. The summed E-state index contributed by atoms with van der Waals surface area (Å²) in [6, 6.07) is 7.19. The number of nitrogens with zero attached hydrogens (tertiary/aromatic N) is 1. The molecule has 1 unspecified atom stereocenters. The van der Waals surface area contributed by atoms with Gasteiger partial charge in [0.2, 0.25) is 0 Å². The first-order valence-electron chi connectivity index (χ1n) is 7.23. The number of aliphatic hydroxyl groups excluding tert-OH is 1. The molecule has 1 aliphatic rings. The van der Waals surface area contributed by atoms with Gasteiger partial charge in [0.25, 0.3) is 5.91 Å². The minimum absolute atomic E-state index is 0.00628. The molecule has 4 nitrogen and oxygen atoms in total. The number of amides is 1. The van der Waals surface area contributed by atoms with Gasteiger partial charge in [-0.3, -0.25) is 4.79 Å². The Kier molecular flexibility index (Phi) is 5.79. The second-order valence-electron chi connectivity index (χ2n) is 5.31. The van der Waals surface area contributed by atoms with Crippen molar-refractivity contribution in [3.63, 3.8) is 0 Å². The van der Waals surface area contributed by atoms with Crippen LogP contribution in [0.25, 0.3) is 0 Å². The Bertz CT molecular complexity index is 538. The molecule has 1 aromatic carbocycles. The second kappa shape index (κ2) is 7.82. The van der Waals surface area contributed by atoms with Crippen molar-refractivity contribution < 1.29 is 14.6 Å². The molecule has 0 aliphatic carbocycles. The zero-order chi connectivity index (χ0) is 15.1. The predicted molar refractivity (Wildman–Crippen MR) is 80.9 cm³/mol. The van der Waals surface area contributed by atoms with Crippen molar-refractivity contribution in [3.8, 4) is 11.8 Å². The van der Waals surface area contributed by atoms with E-state index in [-0.39, 0.29) is 12.5 Å². The third kappa shape index (κ3) is 4.59. The number of hydrogen-bond acceptors (Lipinski definition) is 3. The van der Waals surface area contributed by atoms with E-state index in [2.05, 4.69) is 11.8 Å². The fourth-order valence-corrected chi connectivity index (χ4v) is 2.51. The van der Waals surface area contributed by atoms with Crippen molar-refractivity contribution in [1.29, 1.82) is 0 Å². The summed E-state index contributed by atoms with van der Waals surface area (Å²) >= 11 is 0. The normalized spacial score (nSPS) is 17.7. The molecule has 2 rings (SSSR count). The Morgan fingerprint density at radius 3 is 3.10 bits per heavy atom. The molecule has 112 valence electrons. The first-order chi connectivity index (χ1) is 10.2. The van der Waals surface area contributed by atoms with E-state index < -0.39 is 0 Å². The molecular formula is C17H21NO3. The number of ether oxygens (including phenoxy) is 1. The second-order valence-corrected chi connectivity index (χ2v) is 5.31.